The van der Waals surface area contributed by atoms with Gasteiger partial charge in [0.2, 0.25) is 0 Å². The van der Waals surface area contributed by atoms with Gasteiger partial charge in [0.25, 0.3) is 0 Å². The smallest absolute Gasteiger partial charge is 0.141 e. The Morgan fingerprint density at radius 1 is 1.35 bits per heavy atom. The van der Waals surface area contributed by atoms with Crippen molar-refractivity contribution in [3.8, 4) is 5.75 Å². The third kappa shape index (κ3) is 2.28. The van der Waals surface area contributed by atoms with E-state index in [0.717, 1.165) is 18.8 Å². The molecule has 2 heterocycles. The van der Waals surface area contributed by atoms with E-state index in [1.165, 1.54) is 11.1 Å². The van der Waals surface area contributed by atoms with E-state index in [1.807, 2.05) is 12.1 Å². The summed E-state index contributed by atoms with van der Waals surface area (Å²) in [5.41, 5.74) is 2.43. The molecule has 0 spiro atoms. The first-order valence-electron chi connectivity index (χ1n) is 6.03. The van der Waals surface area contributed by atoms with Crippen molar-refractivity contribution in [3.63, 3.8) is 0 Å². The van der Waals surface area contributed by atoms with Crippen molar-refractivity contribution in [1.82, 2.24) is 5.32 Å². The minimum Gasteiger partial charge on any atom is -0.493 e. The van der Waals surface area contributed by atoms with Crippen molar-refractivity contribution in [1.29, 1.82) is 0 Å². The van der Waals surface area contributed by atoms with Crippen LogP contribution in [0.4, 0.5) is 4.39 Å². The highest BCUT2D eigenvalue weighted by Crippen LogP contribution is 2.25. The Bertz CT molecular complexity index is 410. The molecule has 92 valence electrons. The molecule has 3 rings (SSSR count). The van der Waals surface area contributed by atoms with E-state index in [9.17, 15) is 4.39 Å². The Morgan fingerprint density at radius 3 is 3.12 bits per heavy atom. The molecule has 3 nitrogen and oxygen atoms in total. The summed E-state index contributed by atoms with van der Waals surface area (Å²) in [5.74, 6) is 0.987. The standard InChI is InChI=1S/C13H16FNO2/c14-11-7-16-8-12(11)15-6-9-1-2-13-10(5-9)3-4-17-13/h1-2,5,11-12,15H,3-4,6-8H2. The molecular weight excluding hydrogens is 221 g/mol. The van der Waals surface area contributed by atoms with Crippen LogP contribution in [0, 0.1) is 0 Å². The molecule has 1 aromatic rings. The molecule has 17 heavy (non-hydrogen) atoms. The van der Waals surface area contributed by atoms with Crippen LogP contribution >= 0.6 is 0 Å². The molecular formula is C13H16FNO2. The Balaban J connectivity index is 1.61. The molecule has 0 aliphatic carbocycles. The predicted octanol–water partition coefficient (Wildman–Crippen LogP) is 1.45. The number of hydrogen-bond acceptors (Lipinski definition) is 3. The van der Waals surface area contributed by atoms with Crippen molar-refractivity contribution in [2.75, 3.05) is 19.8 Å². The number of ether oxygens (including phenoxy) is 2. The van der Waals surface area contributed by atoms with Crippen molar-refractivity contribution in [2.45, 2.75) is 25.2 Å². The predicted molar refractivity (Wildman–Crippen MR) is 62.0 cm³/mol. The number of hydrogen-bond donors (Lipinski definition) is 1. The molecule has 2 atom stereocenters. The third-order valence-electron chi connectivity index (χ3n) is 3.33. The maximum absolute atomic E-state index is 13.3. The minimum atomic E-state index is -0.882. The molecule has 1 saturated heterocycles. The van der Waals surface area contributed by atoms with E-state index in [2.05, 4.69) is 11.4 Å². The van der Waals surface area contributed by atoms with Crippen LogP contribution in [-0.4, -0.2) is 32.0 Å². The lowest BCUT2D eigenvalue weighted by atomic mass is 10.1. The average Bonchev–Trinajstić information content (AvgIpc) is 2.94. The summed E-state index contributed by atoms with van der Waals surface area (Å²) in [5, 5.41) is 3.20. The maximum atomic E-state index is 13.3. The molecule has 2 aliphatic rings. The second-order valence-electron chi connectivity index (χ2n) is 4.58. The minimum absolute atomic E-state index is 0.167. The van der Waals surface area contributed by atoms with Gasteiger partial charge in [0.15, 0.2) is 0 Å². The number of halogens is 1. The van der Waals surface area contributed by atoms with E-state index in [4.69, 9.17) is 9.47 Å². The summed E-state index contributed by atoms with van der Waals surface area (Å²) in [6.07, 6.45) is 0.0920. The van der Waals surface area contributed by atoms with E-state index < -0.39 is 6.17 Å². The van der Waals surface area contributed by atoms with Gasteiger partial charge >= 0.3 is 0 Å². The van der Waals surface area contributed by atoms with Gasteiger partial charge in [-0.25, -0.2) is 4.39 Å². The van der Waals surface area contributed by atoms with Crippen LogP contribution in [0.2, 0.25) is 0 Å². The van der Waals surface area contributed by atoms with Gasteiger partial charge in [-0.05, 0) is 17.2 Å². The summed E-state index contributed by atoms with van der Waals surface area (Å²) in [7, 11) is 0. The topological polar surface area (TPSA) is 30.5 Å². The molecule has 0 radical (unpaired) electrons. The van der Waals surface area contributed by atoms with Crippen LogP contribution in [0.15, 0.2) is 18.2 Å². The quantitative estimate of drug-likeness (QED) is 0.863. The average molecular weight is 237 g/mol. The normalized spacial score (nSPS) is 26.9. The molecule has 1 fully saturated rings. The Hall–Kier alpha value is -1.13. The zero-order valence-corrected chi connectivity index (χ0v) is 9.62. The second kappa shape index (κ2) is 4.63. The first-order chi connectivity index (χ1) is 8.33. The molecule has 4 heteroatoms. The largest absolute Gasteiger partial charge is 0.493 e. The van der Waals surface area contributed by atoms with Crippen molar-refractivity contribution in [2.24, 2.45) is 0 Å². The van der Waals surface area contributed by atoms with Crippen LogP contribution < -0.4 is 10.1 Å². The first kappa shape index (κ1) is 11.0. The van der Waals surface area contributed by atoms with Gasteiger partial charge in [-0.15, -0.1) is 0 Å². The molecule has 1 aromatic carbocycles. The molecule has 0 bridgehead atoms. The third-order valence-corrected chi connectivity index (χ3v) is 3.33. The van der Waals surface area contributed by atoms with Gasteiger partial charge < -0.3 is 14.8 Å². The molecule has 0 amide bonds. The van der Waals surface area contributed by atoms with E-state index in [1.54, 1.807) is 0 Å². The highest BCUT2D eigenvalue weighted by atomic mass is 19.1. The Morgan fingerprint density at radius 2 is 2.29 bits per heavy atom. The molecule has 1 N–H and O–H groups in total. The van der Waals surface area contributed by atoms with Gasteiger partial charge in [0.05, 0.1) is 25.9 Å². The molecule has 0 saturated carbocycles. The molecule has 2 aliphatic heterocycles. The first-order valence-corrected chi connectivity index (χ1v) is 6.03. The fraction of sp³-hybridized carbons (Fsp3) is 0.538. The summed E-state index contributed by atoms with van der Waals surface area (Å²) < 4.78 is 23.8. The van der Waals surface area contributed by atoms with Crippen LogP contribution in [0.1, 0.15) is 11.1 Å². The van der Waals surface area contributed by atoms with Gasteiger partial charge in [-0.1, -0.05) is 12.1 Å². The SMILES string of the molecule is FC1COCC1NCc1ccc2c(c1)CCO2. The lowest BCUT2D eigenvalue weighted by molar-refractivity contribution is 0.172. The molecule has 0 aromatic heterocycles. The summed E-state index contributed by atoms with van der Waals surface area (Å²) in [6.45, 7) is 2.14. The van der Waals surface area contributed by atoms with E-state index in [0.29, 0.717) is 13.2 Å². The lowest BCUT2D eigenvalue weighted by Crippen LogP contribution is -2.36. The van der Waals surface area contributed by atoms with Gasteiger partial charge in [0, 0.05) is 13.0 Å². The van der Waals surface area contributed by atoms with Gasteiger partial charge in [-0.3, -0.25) is 0 Å². The number of nitrogens with one attached hydrogen (secondary N) is 1. The zero-order chi connectivity index (χ0) is 11.7. The highest BCUT2D eigenvalue weighted by Gasteiger charge is 2.27. The van der Waals surface area contributed by atoms with Crippen LogP contribution in [0.3, 0.4) is 0 Å². The second-order valence-corrected chi connectivity index (χ2v) is 4.58. The van der Waals surface area contributed by atoms with Crippen molar-refractivity contribution in [3.05, 3.63) is 29.3 Å². The number of rotatable bonds is 3. The fourth-order valence-corrected chi connectivity index (χ4v) is 2.31. The van der Waals surface area contributed by atoms with Gasteiger partial charge in [0.1, 0.15) is 11.9 Å². The van der Waals surface area contributed by atoms with Crippen molar-refractivity contribution < 1.29 is 13.9 Å². The maximum Gasteiger partial charge on any atom is 0.141 e. The number of alkyl halides is 1. The Kier molecular flexibility index (Phi) is 2.99. The lowest BCUT2D eigenvalue weighted by Gasteiger charge is -2.13. The van der Waals surface area contributed by atoms with E-state index >= 15 is 0 Å². The highest BCUT2D eigenvalue weighted by molar-refractivity contribution is 5.39. The van der Waals surface area contributed by atoms with Crippen LogP contribution in [0.25, 0.3) is 0 Å². The summed E-state index contributed by atoms with van der Waals surface area (Å²) in [4.78, 5) is 0. The van der Waals surface area contributed by atoms with E-state index in [-0.39, 0.29) is 12.6 Å². The number of benzene rings is 1. The van der Waals surface area contributed by atoms with Gasteiger partial charge in [-0.2, -0.15) is 0 Å². The summed E-state index contributed by atoms with van der Waals surface area (Å²) in [6, 6.07) is 6.00. The fourth-order valence-electron chi connectivity index (χ4n) is 2.31. The molecule has 2 unspecified atom stereocenters. The van der Waals surface area contributed by atoms with Crippen LogP contribution in [0.5, 0.6) is 5.75 Å². The summed E-state index contributed by atoms with van der Waals surface area (Å²) >= 11 is 0. The van der Waals surface area contributed by atoms with Crippen molar-refractivity contribution >= 4 is 0 Å². The van der Waals surface area contributed by atoms with Crippen LogP contribution in [-0.2, 0) is 17.7 Å². The Labute approximate surface area is 99.9 Å². The zero-order valence-electron chi connectivity index (χ0n) is 9.62. The monoisotopic (exact) mass is 237 g/mol. The number of fused-ring (bicyclic) bond motifs is 1.